The molecule has 0 amide bonds. The first-order valence-electron chi connectivity index (χ1n) is 3.80. The molecule has 0 atom stereocenters. The van der Waals surface area contributed by atoms with Crippen LogP contribution in [0.3, 0.4) is 0 Å². The van der Waals surface area contributed by atoms with Crippen LogP contribution in [0.4, 0.5) is 0 Å². The first-order valence-corrected chi connectivity index (χ1v) is 3.80. The van der Waals surface area contributed by atoms with Crippen LogP contribution in [-0.4, -0.2) is 27.4 Å². The van der Waals surface area contributed by atoms with Crippen LogP contribution in [0.15, 0.2) is 24.2 Å². The molecule has 0 aromatic rings. The molecular weight excluding hydrogens is 156 g/mol. The maximum Gasteiger partial charge on any atom is 0.134 e. The second-order valence-electron chi connectivity index (χ2n) is 3.45. The van der Waals surface area contributed by atoms with Gasteiger partial charge in [0.2, 0.25) is 0 Å². The maximum absolute atomic E-state index is 9.44. The van der Waals surface area contributed by atoms with Crippen LogP contribution in [0.5, 0.6) is 0 Å². The molecule has 4 heteroatoms. The number of hydrogen-bond acceptors (Lipinski definition) is 4. The largest absolute Gasteiger partial charge is 0.506 e. The Labute approximate surface area is 71.8 Å². The van der Waals surface area contributed by atoms with Crippen molar-refractivity contribution in [2.75, 3.05) is 6.54 Å². The molecule has 0 unspecified atom stereocenters. The van der Waals surface area contributed by atoms with Gasteiger partial charge in [-0.25, -0.2) is 0 Å². The first kappa shape index (κ1) is 8.93. The zero-order valence-electron chi connectivity index (χ0n) is 7.28. The number of hydrazine groups is 1. The van der Waals surface area contributed by atoms with Gasteiger partial charge in [0.05, 0.1) is 18.3 Å². The number of β-amino-alcohol motifs (C(OH)–C–C–N with tert-alkyl or cyclic N) is 1. The normalized spacial score (nSPS) is 17.2. The highest BCUT2D eigenvalue weighted by atomic mass is 16.3. The Kier molecular flexibility index (Phi) is 2.28. The third-order valence-corrected chi connectivity index (χ3v) is 1.36. The summed E-state index contributed by atoms with van der Waals surface area (Å²) in [6.07, 6.45) is 4.70. The van der Waals surface area contributed by atoms with Crippen LogP contribution in [0.2, 0.25) is 0 Å². The summed E-state index contributed by atoms with van der Waals surface area (Å²) in [5.74, 6) is 0.182. The van der Waals surface area contributed by atoms with Gasteiger partial charge in [-0.2, -0.15) is 0 Å². The Bertz CT molecular complexity index is 216. The van der Waals surface area contributed by atoms with E-state index in [1.807, 2.05) is 0 Å². The Hall–Kier alpha value is -1.16. The highest BCUT2D eigenvalue weighted by Crippen LogP contribution is 2.06. The molecule has 0 aromatic carbocycles. The predicted octanol–water partition coefficient (Wildman–Crippen LogP) is 0.491. The number of nitrogens with one attached hydrogen (secondary N) is 1. The molecular formula is C8H14N2O2. The lowest BCUT2D eigenvalue weighted by molar-refractivity contribution is 0.0404. The summed E-state index contributed by atoms with van der Waals surface area (Å²) in [6, 6.07) is 0. The summed E-state index contributed by atoms with van der Waals surface area (Å²) in [4.78, 5) is 0. The van der Waals surface area contributed by atoms with Crippen molar-refractivity contribution in [1.29, 1.82) is 0 Å². The number of hydrogen-bond donors (Lipinski definition) is 3. The third kappa shape index (κ3) is 2.84. The van der Waals surface area contributed by atoms with E-state index in [0.29, 0.717) is 6.54 Å². The molecule has 68 valence electrons. The summed E-state index contributed by atoms with van der Waals surface area (Å²) in [5, 5.41) is 20.1. The van der Waals surface area contributed by atoms with E-state index in [1.165, 1.54) is 6.20 Å². The molecule has 0 aliphatic carbocycles. The second kappa shape index (κ2) is 3.06. The van der Waals surface area contributed by atoms with Crippen LogP contribution >= 0.6 is 0 Å². The van der Waals surface area contributed by atoms with Gasteiger partial charge in [-0.15, -0.1) is 0 Å². The van der Waals surface area contributed by atoms with Crippen molar-refractivity contribution in [2.45, 2.75) is 19.4 Å². The Morgan fingerprint density at radius 1 is 1.58 bits per heavy atom. The molecule has 0 bridgehead atoms. The van der Waals surface area contributed by atoms with Crippen molar-refractivity contribution < 1.29 is 10.2 Å². The first-order chi connectivity index (χ1) is 5.47. The van der Waals surface area contributed by atoms with Crippen LogP contribution in [-0.2, 0) is 0 Å². The van der Waals surface area contributed by atoms with E-state index >= 15 is 0 Å². The van der Waals surface area contributed by atoms with Crippen molar-refractivity contribution >= 4 is 0 Å². The predicted molar refractivity (Wildman–Crippen MR) is 46.0 cm³/mol. The molecule has 0 saturated heterocycles. The summed E-state index contributed by atoms with van der Waals surface area (Å²) in [7, 11) is 0. The van der Waals surface area contributed by atoms with E-state index in [4.69, 9.17) is 5.11 Å². The van der Waals surface area contributed by atoms with Crippen molar-refractivity contribution in [3.8, 4) is 0 Å². The van der Waals surface area contributed by atoms with Gasteiger partial charge in [0.1, 0.15) is 5.76 Å². The summed E-state index contributed by atoms with van der Waals surface area (Å²) >= 11 is 0. The molecule has 1 aliphatic rings. The van der Waals surface area contributed by atoms with Gasteiger partial charge in [-0.3, -0.25) is 5.01 Å². The SMILES string of the molecule is CC(C)(O)CN1C=CC(O)=CN1. The molecule has 3 N–H and O–H groups in total. The molecule has 1 rings (SSSR count). The van der Waals surface area contributed by atoms with E-state index in [2.05, 4.69) is 5.43 Å². The van der Waals surface area contributed by atoms with Gasteiger partial charge in [0, 0.05) is 6.20 Å². The number of rotatable bonds is 2. The van der Waals surface area contributed by atoms with E-state index in [-0.39, 0.29) is 5.76 Å². The molecule has 0 fully saturated rings. The summed E-state index contributed by atoms with van der Waals surface area (Å²) in [6.45, 7) is 3.91. The van der Waals surface area contributed by atoms with Crippen LogP contribution < -0.4 is 5.43 Å². The minimum atomic E-state index is -0.752. The monoisotopic (exact) mass is 170 g/mol. The third-order valence-electron chi connectivity index (χ3n) is 1.36. The van der Waals surface area contributed by atoms with Crippen LogP contribution in [0, 0.1) is 0 Å². The standard InChI is InChI=1S/C8H14N2O2/c1-8(2,12)6-10-4-3-7(11)5-9-10/h3-5,9,11-12H,6H2,1-2H3. The number of aliphatic hydroxyl groups excluding tert-OH is 1. The molecule has 1 aliphatic heterocycles. The number of nitrogens with zero attached hydrogens (tertiary/aromatic N) is 1. The highest BCUT2D eigenvalue weighted by molar-refractivity contribution is 5.12. The van der Waals surface area contributed by atoms with Crippen molar-refractivity contribution in [1.82, 2.24) is 10.4 Å². The molecule has 0 radical (unpaired) electrons. The lowest BCUT2D eigenvalue weighted by Gasteiger charge is -2.29. The van der Waals surface area contributed by atoms with Gasteiger partial charge in [-0.05, 0) is 19.9 Å². The minimum absolute atomic E-state index is 0.182. The zero-order valence-corrected chi connectivity index (χ0v) is 7.28. The molecule has 0 spiro atoms. The van der Waals surface area contributed by atoms with Gasteiger partial charge in [-0.1, -0.05) is 0 Å². The van der Waals surface area contributed by atoms with Crippen LogP contribution in [0.25, 0.3) is 0 Å². The average molecular weight is 170 g/mol. The quantitative estimate of drug-likeness (QED) is 0.564. The molecule has 12 heavy (non-hydrogen) atoms. The summed E-state index contributed by atoms with van der Waals surface area (Å²) < 4.78 is 0. The second-order valence-corrected chi connectivity index (χ2v) is 3.45. The Balaban J connectivity index is 2.44. The fraction of sp³-hybridized carbons (Fsp3) is 0.500. The molecule has 0 aromatic heterocycles. The highest BCUT2D eigenvalue weighted by Gasteiger charge is 2.16. The molecule has 0 saturated carbocycles. The lowest BCUT2D eigenvalue weighted by atomic mass is 10.1. The molecule has 4 nitrogen and oxygen atoms in total. The van der Waals surface area contributed by atoms with Gasteiger partial charge in [0.25, 0.3) is 0 Å². The topological polar surface area (TPSA) is 55.7 Å². The average Bonchev–Trinajstić information content (AvgIpc) is 1.91. The summed E-state index contributed by atoms with van der Waals surface area (Å²) in [5.41, 5.74) is 2.05. The van der Waals surface area contributed by atoms with Crippen molar-refractivity contribution in [3.63, 3.8) is 0 Å². The number of aliphatic hydroxyl groups is 2. The smallest absolute Gasteiger partial charge is 0.134 e. The molecule has 1 heterocycles. The maximum atomic E-state index is 9.44. The van der Waals surface area contributed by atoms with E-state index in [0.717, 1.165) is 0 Å². The van der Waals surface area contributed by atoms with Gasteiger partial charge >= 0.3 is 0 Å². The lowest BCUT2D eigenvalue weighted by Crippen LogP contribution is -2.42. The van der Waals surface area contributed by atoms with Gasteiger partial charge < -0.3 is 15.6 Å². The fourth-order valence-corrected chi connectivity index (χ4v) is 0.922. The van der Waals surface area contributed by atoms with Crippen molar-refractivity contribution in [2.24, 2.45) is 0 Å². The Morgan fingerprint density at radius 2 is 2.25 bits per heavy atom. The van der Waals surface area contributed by atoms with E-state index < -0.39 is 5.60 Å². The fourth-order valence-electron chi connectivity index (χ4n) is 0.922. The minimum Gasteiger partial charge on any atom is -0.506 e. The van der Waals surface area contributed by atoms with E-state index in [9.17, 15) is 5.11 Å². The van der Waals surface area contributed by atoms with E-state index in [1.54, 1.807) is 31.1 Å². The zero-order chi connectivity index (χ0) is 9.19. The van der Waals surface area contributed by atoms with Crippen molar-refractivity contribution in [3.05, 3.63) is 24.2 Å². The Morgan fingerprint density at radius 3 is 2.67 bits per heavy atom. The van der Waals surface area contributed by atoms with Gasteiger partial charge in [0.15, 0.2) is 0 Å². The number of allylic oxidation sites excluding steroid dienone is 1. The van der Waals surface area contributed by atoms with Crippen LogP contribution in [0.1, 0.15) is 13.8 Å².